The van der Waals surface area contributed by atoms with Crippen molar-refractivity contribution in [3.8, 4) is 0 Å². The lowest BCUT2D eigenvalue weighted by molar-refractivity contribution is 1.29. The molecule has 0 aromatic heterocycles. The molecule has 0 atom stereocenters. The Balaban J connectivity index is 1.12. The first kappa shape index (κ1) is 30.0. The van der Waals surface area contributed by atoms with E-state index in [0.29, 0.717) is 0 Å². The first-order chi connectivity index (χ1) is 25.8. The highest BCUT2D eigenvalue weighted by molar-refractivity contribution is 6.17. The van der Waals surface area contributed by atoms with Crippen LogP contribution in [0.4, 0.5) is 34.1 Å². The molecule has 0 saturated heterocycles. The Bertz CT molecular complexity index is 2910. The van der Waals surface area contributed by atoms with Gasteiger partial charge < -0.3 is 9.80 Å². The lowest BCUT2D eigenvalue weighted by Gasteiger charge is -2.28. The molecule has 0 spiro atoms. The zero-order chi connectivity index (χ0) is 34.4. The minimum absolute atomic E-state index is 1.11. The van der Waals surface area contributed by atoms with Crippen LogP contribution >= 0.6 is 0 Å². The van der Waals surface area contributed by atoms with Crippen LogP contribution < -0.4 is 9.80 Å². The summed E-state index contributed by atoms with van der Waals surface area (Å²) >= 11 is 0. The van der Waals surface area contributed by atoms with E-state index in [1.165, 1.54) is 53.9 Å². The molecule has 10 aromatic rings. The molecule has 10 rings (SSSR count). The molecule has 52 heavy (non-hydrogen) atoms. The number of nitrogens with zero attached hydrogens (tertiary/aromatic N) is 2. The van der Waals surface area contributed by atoms with E-state index in [4.69, 9.17) is 0 Å². The normalized spacial score (nSPS) is 11.5. The van der Waals surface area contributed by atoms with Crippen molar-refractivity contribution in [1.29, 1.82) is 0 Å². The van der Waals surface area contributed by atoms with Crippen molar-refractivity contribution in [1.82, 2.24) is 0 Å². The van der Waals surface area contributed by atoms with Crippen molar-refractivity contribution in [3.63, 3.8) is 0 Å². The lowest BCUT2D eigenvalue weighted by Crippen LogP contribution is -2.11. The Morgan fingerprint density at radius 2 is 0.654 bits per heavy atom. The van der Waals surface area contributed by atoms with Crippen LogP contribution in [0.1, 0.15) is 0 Å². The van der Waals surface area contributed by atoms with Crippen molar-refractivity contribution in [3.05, 3.63) is 206 Å². The van der Waals surface area contributed by atoms with Crippen LogP contribution in [0, 0.1) is 0 Å². The summed E-state index contributed by atoms with van der Waals surface area (Å²) in [5.41, 5.74) is 6.74. The van der Waals surface area contributed by atoms with Gasteiger partial charge in [-0.15, -0.1) is 0 Å². The third-order valence-electron chi connectivity index (χ3n) is 10.3. The van der Waals surface area contributed by atoms with E-state index in [1.807, 2.05) is 0 Å². The van der Waals surface area contributed by atoms with Gasteiger partial charge in [-0.05, 0) is 115 Å². The van der Waals surface area contributed by atoms with Gasteiger partial charge in [0.2, 0.25) is 0 Å². The molecule has 0 fully saturated rings. The van der Waals surface area contributed by atoms with Crippen LogP contribution in [0.3, 0.4) is 0 Å². The zero-order valence-corrected chi connectivity index (χ0v) is 28.5. The van der Waals surface area contributed by atoms with Crippen molar-refractivity contribution < 1.29 is 0 Å². The Morgan fingerprint density at radius 3 is 1.38 bits per heavy atom. The number of benzene rings is 10. The lowest BCUT2D eigenvalue weighted by atomic mass is 9.96. The number of fused-ring (bicyclic) bond motifs is 7. The fourth-order valence-electron chi connectivity index (χ4n) is 7.89. The van der Waals surface area contributed by atoms with Crippen molar-refractivity contribution in [2.75, 3.05) is 9.80 Å². The van der Waals surface area contributed by atoms with Crippen LogP contribution in [-0.4, -0.2) is 0 Å². The Kier molecular flexibility index (Phi) is 7.18. The average Bonchev–Trinajstić information content (AvgIpc) is 3.21. The van der Waals surface area contributed by atoms with Gasteiger partial charge in [-0.1, -0.05) is 140 Å². The molecule has 0 bridgehead atoms. The summed E-state index contributed by atoms with van der Waals surface area (Å²) in [6.07, 6.45) is 0. The van der Waals surface area contributed by atoms with Gasteiger partial charge in [0, 0.05) is 33.8 Å². The van der Waals surface area contributed by atoms with Crippen molar-refractivity contribution in [2.45, 2.75) is 0 Å². The monoisotopic (exact) mass is 662 g/mol. The van der Waals surface area contributed by atoms with Gasteiger partial charge in [0.05, 0.1) is 5.69 Å². The highest BCUT2D eigenvalue weighted by Gasteiger charge is 2.18. The molecule has 0 radical (unpaired) electrons. The molecule has 2 nitrogen and oxygen atoms in total. The summed E-state index contributed by atoms with van der Waals surface area (Å²) in [6, 6.07) is 74.8. The van der Waals surface area contributed by atoms with E-state index >= 15 is 0 Å². The predicted octanol–water partition coefficient (Wildman–Crippen LogP) is 14.4. The average molecular weight is 663 g/mol. The Morgan fingerprint density at radius 1 is 0.212 bits per heavy atom. The van der Waals surface area contributed by atoms with Crippen LogP contribution in [0.25, 0.3) is 53.9 Å². The van der Waals surface area contributed by atoms with E-state index in [2.05, 4.69) is 216 Å². The SMILES string of the molecule is c1ccc(N(c2ccc3ccccc3c2)c2ccc3c(N(c4ccccc4)c4ccc5c(ccc6c7ccccc7ccc56)c4)cccc3c2)cc1. The largest absolute Gasteiger partial charge is 0.310 e. The number of rotatable bonds is 6. The fraction of sp³-hybridized carbons (Fsp3) is 0. The Hall–Kier alpha value is -6.90. The van der Waals surface area contributed by atoms with Gasteiger partial charge in [0.1, 0.15) is 0 Å². The molecular formula is C50H34N2. The molecule has 0 aliphatic rings. The quantitative estimate of drug-likeness (QED) is 0.164. The summed E-state index contributed by atoms with van der Waals surface area (Å²) in [5.74, 6) is 0. The molecule has 0 saturated carbocycles. The van der Waals surface area contributed by atoms with Crippen molar-refractivity contribution >= 4 is 88.0 Å². The number of hydrogen-bond acceptors (Lipinski definition) is 2. The van der Waals surface area contributed by atoms with Crippen LogP contribution in [-0.2, 0) is 0 Å². The Labute approximate surface area is 303 Å². The summed E-state index contributed by atoms with van der Waals surface area (Å²) in [7, 11) is 0. The molecule has 0 unspecified atom stereocenters. The van der Waals surface area contributed by atoms with Crippen LogP contribution in [0.15, 0.2) is 206 Å². The first-order valence-corrected chi connectivity index (χ1v) is 17.8. The van der Waals surface area contributed by atoms with E-state index in [-0.39, 0.29) is 0 Å². The summed E-state index contributed by atoms with van der Waals surface area (Å²) in [4.78, 5) is 4.74. The molecule has 0 N–H and O–H groups in total. The van der Waals surface area contributed by atoms with E-state index in [0.717, 1.165) is 34.1 Å². The van der Waals surface area contributed by atoms with Gasteiger partial charge in [-0.25, -0.2) is 0 Å². The van der Waals surface area contributed by atoms with Crippen LogP contribution in [0.2, 0.25) is 0 Å². The second-order valence-electron chi connectivity index (χ2n) is 13.4. The second-order valence-corrected chi connectivity index (χ2v) is 13.4. The molecule has 0 heterocycles. The van der Waals surface area contributed by atoms with Gasteiger partial charge in [0.25, 0.3) is 0 Å². The third-order valence-corrected chi connectivity index (χ3v) is 10.3. The highest BCUT2D eigenvalue weighted by Crippen LogP contribution is 2.43. The number of para-hydroxylation sites is 2. The van der Waals surface area contributed by atoms with E-state index in [9.17, 15) is 0 Å². The van der Waals surface area contributed by atoms with E-state index < -0.39 is 0 Å². The number of anilines is 6. The highest BCUT2D eigenvalue weighted by atomic mass is 15.2. The molecule has 10 aromatic carbocycles. The van der Waals surface area contributed by atoms with Gasteiger partial charge >= 0.3 is 0 Å². The second kappa shape index (κ2) is 12.5. The molecule has 2 heteroatoms. The maximum Gasteiger partial charge on any atom is 0.0540 e. The van der Waals surface area contributed by atoms with Crippen LogP contribution in [0.5, 0.6) is 0 Å². The summed E-state index contributed by atoms with van der Waals surface area (Å²) < 4.78 is 0. The standard InChI is InChI=1S/C50H34N2/c1-3-16-40(17-4-1)51(42-25-22-35-12-7-8-14-37(35)32-42)43-27-31-47-38(33-43)15-11-21-50(47)52(41-18-5-2-6-19-41)44-26-30-46-39(34-44)24-29-48-45-20-10-9-13-36(45)23-28-49(46)48/h1-34H. The molecule has 0 aliphatic carbocycles. The van der Waals surface area contributed by atoms with Gasteiger partial charge in [-0.3, -0.25) is 0 Å². The van der Waals surface area contributed by atoms with E-state index in [1.54, 1.807) is 0 Å². The fourth-order valence-corrected chi connectivity index (χ4v) is 7.89. The van der Waals surface area contributed by atoms with Gasteiger partial charge in [-0.2, -0.15) is 0 Å². The molecule has 0 amide bonds. The molecule has 244 valence electrons. The number of hydrogen-bond donors (Lipinski definition) is 0. The topological polar surface area (TPSA) is 6.48 Å². The molecular weight excluding hydrogens is 629 g/mol. The van der Waals surface area contributed by atoms with Gasteiger partial charge in [0.15, 0.2) is 0 Å². The maximum absolute atomic E-state index is 2.39. The summed E-state index contributed by atoms with van der Waals surface area (Å²) in [6.45, 7) is 0. The van der Waals surface area contributed by atoms with Crippen molar-refractivity contribution in [2.24, 2.45) is 0 Å². The minimum Gasteiger partial charge on any atom is -0.310 e. The predicted molar refractivity (Wildman–Crippen MR) is 223 cm³/mol. The third kappa shape index (κ3) is 5.12. The summed E-state index contributed by atoms with van der Waals surface area (Å²) in [5, 5.41) is 12.4. The zero-order valence-electron chi connectivity index (χ0n) is 28.5. The minimum atomic E-state index is 1.11. The maximum atomic E-state index is 2.39. The molecule has 0 aliphatic heterocycles. The first-order valence-electron chi connectivity index (χ1n) is 17.8. The smallest absolute Gasteiger partial charge is 0.0540 e.